The van der Waals surface area contributed by atoms with Crippen LogP contribution in [0.5, 0.6) is 5.75 Å². The van der Waals surface area contributed by atoms with E-state index in [-0.39, 0.29) is 6.03 Å². The first kappa shape index (κ1) is 17.8. The van der Waals surface area contributed by atoms with Gasteiger partial charge in [0, 0.05) is 20.2 Å². The van der Waals surface area contributed by atoms with Gasteiger partial charge in [0.1, 0.15) is 5.75 Å². The minimum atomic E-state index is -0.171. The second-order valence-electron chi connectivity index (χ2n) is 5.41. The maximum absolute atomic E-state index is 11.9. The topological polar surface area (TPSA) is 59.6 Å². The van der Waals surface area contributed by atoms with Crippen LogP contribution in [0.15, 0.2) is 48.5 Å². The molecule has 2 amide bonds. The Morgan fingerprint density at radius 2 is 1.67 bits per heavy atom. The van der Waals surface area contributed by atoms with E-state index in [1.807, 2.05) is 48.5 Å². The number of urea groups is 1. The van der Waals surface area contributed by atoms with Gasteiger partial charge in [0.05, 0.1) is 13.7 Å². The highest BCUT2D eigenvalue weighted by Crippen LogP contribution is 2.11. The van der Waals surface area contributed by atoms with Gasteiger partial charge >= 0.3 is 6.03 Å². The second-order valence-corrected chi connectivity index (χ2v) is 5.41. The molecule has 5 nitrogen and oxygen atoms in total. The number of carbonyl (C=O) groups is 1. The van der Waals surface area contributed by atoms with Crippen molar-refractivity contribution in [3.8, 4) is 5.75 Å². The number of hydrogen-bond acceptors (Lipinski definition) is 3. The molecule has 0 unspecified atom stereocenters. The molecule has 0 bridgehead atoms. The SMILES string of the molecule is COCc1ccccc1CNC(=O)NCCc1ccc(OC)cc1. The molecular weight excluding hydrogens is 304 g/mol. The number of benzene rings is 2. The van der Waals surface area contributed by atoms with Crippen LogP contribution in [0.4, 0.5) is 4.79 Å². The van der Waals surface area contributed by atoms with Crippen LogP contribution in [0.2, 0.25) is 0 Å². The van der Waals surface area contributed by atoms with Crippen molar-refractivity contribution in [1.29, 1.82) is 0 Å². The summed E-state index contributed by atoms with van der Waals surface area (Å²) in [6.45, 7) is 1.60. The number of carbonyl (C=O) groups excluding carboxylic acids is 1. The third-order valence-electron chi connectivity index (χ3n) is 3.72. The molecule has 2 aromatic carbocycles. The zero-order valence-electron chi connectivity index (χ0n) is 14.2. The summed E-state index contributed by atoms with van der Waals surface area (Å²) >= 11 is 0. The van der Waals surface area contributed by atoms with Crippen LogP contribution < -0.4 is 15.4 Å². The molecule has 0 spiro atoms. The molecule has 0 heterocycles. The largest absolute Gasteiger partial charge is 0.497 e. The number of rotatable bonds is 8. The van der Waals surface area contributed by atoms with E-state index in [4.69, 9.17) is 9.47 Å². The zero-order chi connectivity index (χ0) is 17.2. The van der Waals surface area contributed by atoms with E-state index in [1.165, 1.54) is 0 Å². The molecule has 0 aliphatic carbocycles. The molecule has 24 heavy (non-hydrogen) atoms. The van der Waals surface area contributed by atoms with E-state index in [9.17, 15) is 4.79 Å². The summed E-state index contributed by atoms with van der Waals surface area (Å²) in [4.78, 5) is 11.9. The Morgan fingerprint density at radius 1 is 0.958 bits per heavy atom. The molecule has 0 radical (unpaired) electrons. The maximum Gasteiger partial charge on any atom is 0.315 e. The van der Waals surface area contributed by atoms with Crippen LogP contribution in [-0.2, 0) is 24.3 Å². The van der Waals surface area contributed by atoms with E-state index >= 15 is 0 Å². The van der Waals surface area contributed by atoms with Crippen LogP contribution in [0.25, 0.3) is 0 Å². The Bertz CT molecular complexity index is 641. The normalized spacial score (nSPS) is 10.2. The van der Waals surface area contributed by atoms with Crippen molar-refractivity contribution in [3.63, 3.8) is 0 Å². The first-order chi connectivity index (χ1) is 11.7. The standard InChI is InChI=1S/C19H24N2O3/c1-23-14-17-6-4-3-5-16(17)13-21-19(22)20-12-11-15-7-9-18(24-2)10-8-15/h3-10H,11-14H2,1-2H3,(H2,20,21,22). The van der Waals surface area contributed by atoms with Crippen molar-refractivity contribution in [2.24, 2.45) is 0 Å². The Kier molecular flexibility index (Phi) is 7.11. The molecule has 2 aromatic rings. The van der Waals surface area contributed by atoms with Gasteiger partial charge < -0.3 is 20.1 Å². The molecule has 2 N–H and O–H groups in total. The van der Waals surface area contributed by atoms with Crippen LogP contribution in [-0.4, -0.2) is 26.8 Å². The third kappa shape index (κ3) is 5.59. The van der Waals surface area contributed by atoms with Crippen LogP contribution in [0.3, 0.4) is 0 Å². The molecule has 0 saturated heterocycles. The lowest BCUT2D eigenvalue weighted by molar-refractivity contribution is 0.184. The third-order valence-corrected chi connectivity index (χ3v) is 3.72. The van der Waals surface area contributed by atoms with E-state index in [0.717, 1.165) is 28.9 Å². The van der Waals surface area contributed by atoms with Gasteiger partial charge in [-0.15, -0.1) is 0 Å². The van der Waals surface area contributed by atoms with Crippen LogP contribution >= 0.6 is 0 Å². The maximum atomic E-state index is 11.9. The fraction of sp³-hybridized carbons (Fsp3) is 0.316. The summed E-state index contributed by atoms with van der Waals surface area (Å²) < 4.78 is 10.3. The van der Waals surface area contributed by atoms with Gasteiger partial charge in [-0.1, -0.05) is 36.4 Å². The molecule has 2 rings (SSSR count). The smallest absolute Gasteiger partial charge is 0.315 e. The van der Waals surface area contributed by atoms with Crippen LogP contribution in [0.1, 0.15) is 16.7 Å². The van der Waals surface area contributed by atoms with Gasteiger partial charge in [-0.05, 0) is 35.2 Å². The number of methoxy groups -OCH3 is 2. The van der Waals surface area contributed by atoms with Gasteiger partial charge in [0.15, 0.2) is 0 Å². The van der Waals surface area contributed by atoms with Crippen molar-refractivity contribution >= 4 is 6.03 Å². The Morgan fingerprint density at radius 3 is 2.33 bits per heavy atom. The average molecular weight is 328 g/mol. The predicted molar refractivity (Wildman–Crippen MR) is 94.1 cm³/mol. The molecule has 0 fully saturated rings. The summed E-state index contributed by atoms with van der Waals surface area (Å²) in [5.41, 5.74) is 3.30. The molecule has 0 aliphatic heterocycles. The van der Waals surface area contributed by atoms with Crippen molar-refractivity contribution in [3.05, 3.63) is 65.2 Å². The lowest BCUT2D eigenvalue weighted by Crippen LogP contribution is -2.36. The quantitative estimate of drug-likeness (QED) is 0.783. The zero-order valence-corrected chi connectivity index (χ0v) is 14.2. The monoisotopic (exact) mass is 328 g/mol. The van der Waals surface area contributed by atoms with Gasteiger partial charge in [-0.2, -0.15) is 0 Å². The number of ether oxygens (including phenoxy) is 2. The Labute approximate surface area is 143 Å². The lowest BCUT2D eigenvalue weighted by atomic mass is 10.1. The van der Waals surface area contributed by atoms with E-state index in [1.54, 1.807) is 14.2 Å². The predicted octanol–water partition coefficient (Wildman–Crippen LogP) is 2.88. The fourth-order valence-electron chi connectivity index (χ4n) is 2.38. The summed E-state index contributed by atoms with van der Waals surface area (Å²) in [6, 6.07) is 15.6. The minimum absolute atomic E-state index is 0.171. The van der Waals surface area contributed by atoms with Gasteiger partial charge in [-0.25, -0.2) is 4.79 Å². The molecule has 0 aromatic heterocycles. The van der Waals surface area contributed by atoms with Crippen LogP contribution in [0, 0.1) is 0 Å². The summed E-state index contributed by atoms with van der Waals surface area (Å²) in [5.74, 6) is 0.833. The molecule has 0 saturated carbocycles. The molecular formula is C19H24N2O3. The molecule has 0 aliphatic rings. The van der Waals surface area contributed by atoms with E-state index < -0.39 is 0 Å². The first-order valence-electron chi connectivity index (χ1n) is 7.93. The number of hydrogen-bond donors (Lipinski definition) is 2. The molecule has 5 heteroatoms. The van der Waals surface area contributed by atoms with E-state index in [2.05, 4.69) is 10.6 Å². The highest BCUT2D eigenvalue weighted by molar-refractivity contribution is 5.73. The fourth-order valence-corrected chi connectivity index (χ4v) is 2.38. The van der Waals surface area contributed by atoms with Gasteiger partial charge in [0.2, 0.25) is 0 Å². The molecule has 128 valence electrons. The average Bonchev–Trinajstić information content (AvgIpc) is 2.62. The molecule has 0 atom stereocenters. The highest BCUT2D eigenvalue weighted by Gasteiger charge is 2.04. The summed E-state index contributed by atoms with van der Waals surface area (Å²) in [6.07, 6.45) is 0.775. The van der Waals surface area contributed by atoms with Crippen molar-refractivity contribution in [2.75, 3.05) is 20.8 Å². The number of nitrogens with one attached hydrogen (secondary N) is 2. The first-order valence-corrected chi connectivity index (χ1v) is 7.93. The second kappa shape index (κ2) is 9.57. The van der Waals surface area contributed by atoms with E-state index in [0.29, 0.717) is 19.7 Å². The lowest BCUT2D eigenvalue weighted by Gasteiger charge is -2.11. The van der Waals surface area contributed by atoms with Crippen molar-refractivity contribution < 1.29 is 14.3 Å². The summed E-state index contributed by atoms with van der Waals surface area (Å²) in [7, 11) is 3.31. The summed E-state index contributed by atoms with van der Waals surface area (Å²) in [5, 5.41) is 5.75. The van der Waals surface area contributed by atoms with Crippen molar-refractivity contribution in [1.82, 2.24) is 10.6 Å². The van der Waals surface area contributed by atoms with Gasteiger partial charge in [-0.3, -0.25) is 0 Å². The Balaban J connectivity index is 1.73. The van der Waals surface area contributed by atoms with Gasteiger partial charge in [0.25, 0.3) is 0 Å². The number of amides is 2. The highest BCUT2D eigenvalue weighted by atomic mass is 16.5. The Hall–Kier alpha value is -2.53. The minimum Gasteiger partial charge on any atom is -0.497 e. The van der Waals surface area contributed by atoms with Crippen molar-refractivity contribution in [2.45, 2.75) is 19.6 Å².